The molecule has 0 atom stereocenters. The number of halogens is 1. The van der Waals surface area contributed by atoms with E-state index in [0.29, 0.717) is 12.1 Å². The lowest BCUT2D eigenvalue weighted by Gasteiger charge is -2.17. The number of nitrogens with zero attached hydrogens (tertiary/aromatic N) is 1. The van der Waals surface area contributed by atoms with Crippen molar-refractivity contribution in [1.29, 1.82) is 0 Å². The highest BCUT2D eigenvalue weighted by Gasteiger charge is 2.23. The summed E-state index contributed by atoms with van der Waals surface area (Å²) in [6, 6.07) is 4.69. The minimum Gasteiger partial charge on any atom is -0.320 e. The van der Waals surface area contributed by atoms with Crippen molar-refractivity contribution in [3.63, 3.8) is 0 Å². The molecule has 0 aliphatic carbocycles. The Morgan fingerprint density at radius 1 is 1.33 bits per heavy atom. The van der Waals surface area contributed by atoms with Crippen LogP contribution in [0.1, 0.15) is 31.7 Å². The van der Waals surface area contributed by atoms with E-state index in [1.807, 2.05) is 0 Å². The van der Waals surface area contributed by atoms with Crippen LogP contribution in [0.25, 0.3) is 0 Å². The van der Waals surface area contributed by atoms with Crippen molar-refractivity contribution < 1.29 is 8.42 Å². The van der Waals surface area contributed by atoms with Crippen LogP contribution in [-0.2, 0) is 10.0 Å². The lowest BCUT2D eigenvalue weighted by atomic mass is 10.2. The molecule has 0 aromatic heterocycles. The maximum atomic E-state index is 12.5. The molecule has 0 unspecified atom stereocenters. The lowest BCUT2D eigenvalue weighted by molar-refractivity contribution is 0.454. The predicted octanol–water partition coefficient (Wildman–Crippen LogP) is 2.46. The summed E-state index contributed by atoms with van der Waals surface area (Å²) in [4.78, 5) is 0.112. The van der Waals surface area contributed by atoms with Gasteiger partial charge in [0.2, 0.25) is 10.0 Å². The molecular weight excluding hydrogens is 308 g/mol. The van der Waals surface area contributed by atoms with E-state index in [2.05, 4.69) is 18.8 Å². The first kappa shape index (κ1) is 18.0. The number of rotatable bonds is 6. The highest BCUT2D eigenvalue weighted by atomic mass is 35.5. The number of unbranched alkanes of at least 4 members (excludes halogenated alkanes) is 2. The van der Waals surface area contributed by atoms with Crippen molar-refractivity contribution in [2.24, 2.45) is 5.73 Å². The maximum absolute atomic E-state index is 12.5. The summed E-state index contributed by atoms with van der Waals surface area (Å²) in [5, 5.41) is 0.182. The molecule has 0 heterocycles. The Kier molecular flexibility index (Phi) is 7.20. The third kappa shape index (κ3) is 5.01. The minimum atomic E-state index is -3.56. The molecule has 21 heavy (non-hydrogen) atoms. The first-order valence-corrected chi connectivity index (χ1v) is 8.70. The summed E-state index contributed by atoms with van der Waals surface area (Å²) >= 11 is 6.09. The van der Waals surface area contributed by atoms with Crippen LogP contribution in [0.5, 0.6) is 0 Å². The highest BCUT2D eigenvalue weighted by Crippen LogP contribution is 2.25. The zero-order valence-corrected chi connectivity index (χ0v) is 14.0. The molecule has 0 amide bonds. The van der Waals surface area contributed by atoms with Gasteiger partial charge in [-0.05, 0) is 24.6 Å². The van der Waals surface area contributed by atoms with Crippen molar-refractivity contribution >= 4 is 21.6 Å². The van der Waals surface area contributed by atoms with E-state index >= 15 is 0 Å². The van der Waals surface area contributed by atoms with Gasteiger partial charge in [-0.2, -0.15) is 0 Å². The molecule has 0 aliphatic heterocycles. The van der Waals surface area contributed by atoms with Crippen LogP contribution in [0.2, 0.25) is 5.02 Å². The molecule has 0 spiro atoms. The molecule has 0 saturated carbocycles. The van der Waals surface area contributed by atoms with E-state index in [9.17, 15) is 8.42 Å². The van der Waals surface area contributed by atoms with Crippen LogP contribution in [0.4, 0.5) is 0 Å². The number of nitrogens with two attached hydrogens (primary N) is 1. The number of benzene rings is 1. The first-order valence-electron chi connectivity index (χ1n) is 6.88. The van der Waals surface area contributed by atoms with Gasteiger partial charge in [0.05, 0.1) is 11.6 Å². The monoisotopic (exact) mass is 328 g/mol. The first-order chi connectivity index (χ1) is 9.93. The molecule has 0 saturated heterocycles. The highest BCUT2D eigenvalue weighted by molar-refractivity contribution is 7.89. The van der Waals surface area contributed by atoms with Gasteiger partial charge in [0.25, 0.3) is 0 Å². The Labute approximate surface area is 132 Å². The van der Waals surface area contributed by atoms with Crippen LogP contribution in [0.3, 0.4) is 0 Å². The third-order valence-corrected chi connectivity index (χ3v) is 5.37. The molecule has 0 radical (unpaired) electrons. The van der Waals surface area contributed by atoms with Crippen molar-refractivity contribution in [3.05, 3.63) is 28.8 Å². The molecule has 4 nitrogen and oxygen atoms in total. The third-order valence-electron chi connectivity index (χ3n) is 3.03. The van der Waals surface area contributed by atoms with Gasteiger partial charge in [-0.1, -0.05) is 43.2 Å². The molecule has 116 valence electrons. The van der Waals surface area contributed by atoms with Crippen molar-refractivity contribution in [2.75, 3.05) is 20.1 Å². The Hall–Kier alpha value is -1.06. The Morgan fingerprint density at radius 3 is 2.62 bits per heavy atom. The molecule has 2 N–H and O–H groups in total. The molecule has 0 aliphatic rings. The van der Waals surface area contributed by atoms with E-state index in [1.54, 1.807) is 19.2 Å². The quantitative estimate of drug-likeness (QED) is 0.644. The number of hydrogen-bond acceptors (Lipinski definition) is 3. The fourth-order valence-electron chi connectivity index (χ4n) is 1.81. The SMILES string of the molecule is CCCCCN(C)S(=O)(=O)c1ccc(C#CCN)cc1Cl. The molecule has 1 rings (SSSR count). The van der Waals surface area contributed by atoms with Crippen LogP contribution < -0.4 is 5.73 Å². The van der Waals surface area contributed by atoms with E-state index in [0.717, 1.165) is 19.3 Å². The molecule has 6 heteroatoms. The Balaban J connectivity index is 2.98. The average Bonchev–Trinajstić information content (AvgIpc) is 2.45. The summed E-state index contributed by atoms with van der Waals surface area (Å²) in [6.45, 7) is 2.81. The molecule has 1 aromatic carbocycles. The number of hydrogen-bond donors (Lipinski definition) is 1. The van der Waals surface area contributed by atoms with Crippen LogP contribution >= 0.6 is 11.6 Å². The largest absolute Gasteiger partial charge is 0.320 e. The summed E-state index contributed by atoms with van der Waals surface area (Å²) < 4.78 is 26.3. The van der Waals surface area contributed by atoms with Crippen LogP contribution in [-0.4, -0.2) is 32.9 Å². The van der Waals surface area contributed by atoms with Gasteiger partial charge in [-0.15, -0.1) is 0 Å². The molecule has 1 aromatic rings. The molecular formula is C15H21ClN2O2S. The maximum Gasteiger partial charge on any atom is 0.244 e. The molecule has 0 bridgehead atoms. The van der Waals surface area contributed by atoms with E-state index in [-0.39, 0.29) is 16.5 Å². The summed E-state index contributed by atoms with van der Waals surface area (Å²) in [5.74, 6) is 5.53. The summed E-state index contributed by atoms with van der Waals surface area (Å²) in [7, 11) is -1.99. The fourth-order valence-corrected chi connectivity index (χ4v) is 3.54. The second kappa shape index (κ2) is 8.40. The van der Waals surface area contributed by atoms with Gasteiger partial charge >= 0.3 is 0 Å². The van der Waals surface area contributed by atoms with Gasteiger partial charge < -0.3 is 5.73 Å². The Bertz CT molecular complexity index is 633. The van der Waals surface area contributed by atoms with Gasteiger partial charge in [-0.25, -0.2) is 12.7 Å². The van der Waals surface area contributed by atoms with E-state index in [4.69, 9.17) is 17.3 Å². The lowest BCUT2D eigenvalue weighted by Crippen LogP contribution is -2.28. The molecule has 0 fully saturated rings. The van der Waals surface area contributed by atoms with Crippen LogP contribution in [0.15, 0.2) is 23.1 Å². The predicted molar refractivity (Wildman–Crippen MR) is 86.7 cm³/mol. The fraction of sp³-hybridized carbons (Fsp3) is 0.467. The minimum absolute atomic E-state index is 0.112. The smallest absolute Gasteiger partial charge is 0.244 e. The van der Waals surface area contributed by atoms with Gasteiger partial charge in [-0.3, -0.25) is 0 Å². The zero-order chi connectivity index (χ0) is 15.9. The van der Waals surface area contributed by atoms with E-state index < -0.39 is 10.0 Å². The summed E-state index contributed by atoms with van der Waals surface area (Å²) in [5.41, 5.74) is 5.95. The second-order valence-corrected chi connectivity index (χ2v) is 7.11. The normalized spacial score (nSPS) is 11.3. The summed E-state index contributed by atoms with van der Waals surface area (Å²) in [6.07, 6.45) is 2.88. The van der Waals surface area contributed by atoms with E-state index in [1.165, 1.54) is 10.4 Å². The van der Waals surface area contributed by atoms with Gasteiger partial charge in [0, 0.05) is 19.2 Å². The zero-order valence-electron chi connectivity index (χ0n) is 12.4. The van der Waals surface area contributed by atoms with Crippen molar-refractivity contribution in [2.45, 2.75) is 31.1 Å². The topological polar surface area (TPSA) is 63.4 Å². The van der Waals surface area contributed by atoms with Crippen molar-refractivity contribution in [1.82, 2.24) is 4.31 Å². The Morgan fingerprint density at radius 2 is 2.05 bits per heavy atom. The number of sulfonamides is 1. The van der Waals surface area contributed by atoms with Crippen LogP contribution in [0, 0.1) is 11.8 Å². The standard InChI is InChI=1S/C15H21ClN2O2S/c1-3-4-5-11-18(2)21(19,20)15-9-8-13(7-6-10-17)12-14(15)16/h8-9,12H,3-5,10-11,17H2,1-2H3. The van der Waals surface area contributed by atoms with Gasteiger partial charge in [0.1, 0.15) is 4.90 Å². The van der Waals surface area contributed by atoms with Gasteiger partial charge in [0.15, 0.2) is 0 Å². The average molecular weight is 329 g/mol. The second-order valence-electron chi connectivity index (χ2n) is 4.68. The van der Waals surface area contributed by atoms with Crippen molar-refractivity contribution in [3.8, 4) is 11.8 Å².